The van der Waals surface area contributed by atoms with Gasteiger partial charge in [-0.3, -0.25) is 9.36 Å². The summed E-state index contributed by atoms with van der Waals surface area (Å²) in [6, 6.07) is 22.2. The maximum Gasteiger partial charge on any atom is 0.250 e. The Morgan fingerprint density at radius 3 is 2.65 bits per heavy atom. The van der Waals surface area contributed by atoms with Crippen LogP contribution >= 0.6 is 27.7 Å². The van der Waals surface area contributed by atoms with Crippen molar-refractivity contribution >= 4 is 39.8 Å². The monoisotopic (exact) mass is 537 g/mol. The second-order valence-electron chi connectivity index (χ2n) is 6.99. The molecule has 0 bridgehead atoms. The van der Waals surface area contributed by atoms with Crippen LogP contribution in [0.25, 0.3) is 17.1 Å². The molecule has 0 saturated heterocycles. The molecule has 0 aliphatic heterocycles. The number of ether oxygens (including phenoxy) is 1. The molecule has 4 aromatic rings. The second-order valence-corrected chi connectivity index (χ2v) is 8.85. The maximum atomic E-state index is 12.4. The first-order chi connectivity index (χ1) is 16.5. The molecule has 34 heavy (non-hydrogen) atoms. The van der Waals surface area contributed by atoms with Gasteiger partial charge in [-0.05, 0) is 42.5 Å². The topological polar surface area (TPSA) is 102 Å². The third-order valence-electron chi connectivity index (χ3n) is 4.71. The summed E-state index contributed by atoms with van der Waals surface area (Å²) < 4.78 is 7.95. The van der Waals surface area contributed by atoms with Crippen molar-refractivity contribution in [1.82, 2.24) is 20.2 Å². The van der Waals surface area contributed by atoms with Crippen LogP contribution in [0.5, 0.6) is 11.5 Å². The minimum absolute atomic E-state index is 0.0663. The number of carbonyl (C=O) groups excluding carboxylic acids is 1. The number of halogens is 1. The van der Waals surface area contributed by atoms with E-state index in [0.717, 1.165) is 21.5 Å². The number of thioether (sulfide) groups is 1. The van der Waals surface area contributed by atoms with E-state index in [9.17, 15) is 9.90 Å². The molecule has 0 radical (unpaired) electrons. The smallest absolute Gasteiger partial charge is 0.250 e. The van der Waals surface area contributed by atoms with Gasteiger partial charge in [-0.15, -0.1) is 10.2 Å². The molecule has 2 N–H and O–H groups in total. The molecule has 1 heterocycles. The number of methoxy groups -OCH3 is 1. The number of hydrogen-bond donors (Lipinski definition) is 2. The molecule has 0 unspecified atom stereocenters. The largest absolute Gasteiger partial charge is 0.507 e. The van der Waals surface area contributed by atoms with Gasteiger partial charge in [0, 0.05) is 21.3 Å². The van der Waals surface area contributed by atoms with E-state index in [1.165, 1.54) is 18.0 Å². The Hall–Kier alpha value is -3.63. The molecular weight excluding hydrogens is 518 g/mol. The predicted octanol–water partition coefficient (Wildman–Crippen LogP) is 4.65. The van der Waals surface area contributed by atoms with Gasteiger partial charge in [0.05, 0.1) is 19.1 Å². The van der Waals surface area contributed by atoms with Crippen molar-refractivity contribution in [2.24, 2.45) is 5.10 Å². The van der Waals surface area contributed by atoms with E-state index in [-0.39, 0.29) is 17.4 Å². The number of phenolic OH excluding ortho intramolecular Hbond substituents is 1. The minimum atomic E-state index is -0.318. The van der Waals surface area contributed by atoms with Gasteiger partial charge >= 0.3 is 0 Å². The van der Waals surface area contributed by atoms with Crippen molar-refractivity contribution < 1.29 is 14.6 Å². The third kappa shape index (κ3) is 5.64. The Labute approximate surface area is 208 Å². The van der Waals surface area contributed by atoms with E-state index in [4.69, 9.17) is 4.74 Å². The van der Waals surface area contributed by atoms with Gasteiger partial charge in [-0.1, -0.05) is 58.0 Å². The van der Waals surface area contributed by atoms with Crippen molar-refractivity contribution in [1.29, 1.82) is 0 Å². The Morgan fingerprint density at radius 2 is 1.91 bits per heavy atom. The summed E-state index contributed by atoms with van der Waals surface area (Å²) >= 11 is 4.58. The lowest BCUT2D eigenvalue weighted by molar-refractivity contribution is -0.118. The fourth-order valence-electron chi connectivity index (χ4n) is 3.07. The van der Waals surface area contributed by atoms with E-state index in [1.807, 2.05) is 59.2 Å². The number of hydrazone groups is 1. The van der Waals surface area contributed by atoms with Gasteiger partial charge in [0.2, 0.25) is 0 Å². The number of nitrogens with zero attached hydrogens (tertiary/aromatic N) is 4. The average molecular weight is 538 g/mol. The summed E-state index contributed by atoms with van der Waals surface area (Å²) in [6.07, 6.45) is 1.38. The maximum absolute atomic E-state index is 12.4. The lowest BCUT2D eigenvalue weighted by atomic mass is 10.2. The van der Waals surface area contributed by atoms with Gasteiger partial charge in [-0.25, -0.2) is 5.43 Å². The zero-order valence-electron chi connectivity index (χ0n) is 18.1. The Bertz CT molecular complexity index is 1310. The molecule has 0 saturated carbocycles. The summed E-state index contributed by atoms with van der Waals surface area (Å²) in [5, 5.41) is 23.1. The highest BCUT2D eigenvalue weighted by molar-refractivity contribution is 9.10. The molecule has 0 spiro atoms. The summed E-state index contributed by atoms with van der Waals surface area (Å²) in [4.78, 5) is 12.4. The Morgan fingerprint density at radius 1 is 1.15 bits per heavy atom. The standard InChI is InChI=1S/C24H20BrN5O3S/c1-33-20-10-8-19(9-11-20)30-23(16-5-3-2-4-6-16)28-29-24(30)34-15-22(32)27-26-14-17-13-18(25)7-12-21(17)31/h2-14,31H,15H2,1H3,(H,27,32)/b26-14-. The zero-order valence-corrected chi connectivity index (χ0v) is 20.5. The molecule has 3 aromatic carbocycles. The van der Waals surface area contributed by atoms with Gasteiger partial charge < -0.3 is 9.84 Å². The summed E-state index contributed by atoms with van der Waals surface area (Å²) in [5.74, 6) is 1.22. The average Bonchev–Trinajstić information content (AvgIpc) is 3.29. The van der Waals surface area contributed by atoms with Crippen molar-refractivity contribution in [2.45, 2.75) is 5.16 Å². The highest BCUT2D eigenvalue weighted by atomic mass is 79.9. The van der Waals surface area contributed by atoms with E-state index >= 15 is 0 Å². The van der Waals surface area contributed by atoms with Crippen molar-refractivity contribution in [3.8, 4) is 28.6 Å². The summed E-state index contributed by atoms with van der Waals surface area (Å²) in [5.41, 5.74) is 4.70. The zero-order chi connectivity index (χ0) is 23.9. The number of hydrogen-bond acceptors (Lipinski definition) is 7. The van der Waals surface area contributed by atoms with Crippen LogP contribution < -0.4 is 10.2 Å². The number of amides is 1. The first-order valence-electron chi connectivity index (χ1n) is 10.1. The van der Waals surface area contributed by atoms with Gasteiger partial charge in [0.1, 0.15) is 11.5 Å². The molecule has 10 heteroatoms. The Kier molecular flexibility index (Phi) is 7.61. The van der Waals surface area contributed by atoms with Crippen molar-refractivity contribution in [3.05, 3.63) is 82.8 Å². The number of benzene rings is 3. The first-order valence-corrected chi connectivity index (χ1v) is 11.9. The highest BCUT2D eigenvalue weighted by Crippen LogP contribution is 2.28. The number of nitrogens with one attached hydrogen (secondary N) is 1. The molecule has 1 aromatic heterocycles. The van der Waals surface area contributed by atoms with Crippen molar-refractivity contribution in [3.63, 3.8) is 0 Å². The van der Waals surface area contributed by atoms with E-state index < -0.39 is 0 Å². The minimum Gasteiger partial charge on any atom is -0.507 e. The lowest BCUT2D eigenvalue weighted by Crippen LogP contribution is -2.20. The van der Waals surface area contributed by atoms with Crippen LogP contribution in [0.1, 0.15) is 5.56 Å². The normalized spacial score (nSPS) is 11.0. The summed E-state index contributed by atoms with van der Waals surface area (Å²) in [6.45, 7) is 0. The molecule has 0 aliphatic carbocycles. The number of phenols is 1. The van der Waals surface area contributed by atoms with E-state index in [1.54, 1.807) is 25.3 Å². The molecule has 0 aliphatic rings. The van der Waals surface area contributed by atoms with Gasteiger partial charge in [0.25, 0.3) is 5.91 Å². The van der Waals surface area contributed by atoms with Crippen LogP contribution in [0.3, 0.4) is 0 Å². The molecule has 172 valence electrons. The number of aromatic hydroxyl groups is 1. The van der Waals surface area contributed by atoms with Crippen LogP contribution in [-0.2, 0) is 4.79 Å². The molecule has 1 amide bonds. The first kappa shape index (κ1) is 23.5. The van der Waals surface area contributed by atoms with Crippen LogP contribution in [0.4, 0.5) is 0 Å². The van der Waals surface area contributed by atoms with Crippen LogP contribution in [-0.4, -0.2) is 44.9 Å². The van der Waals surface area contributed by atoms with Crippen LogP contribution in [0, 0.1) is 0 Å². The summed E-state index contributed by atoms with van der Waals surface area (Å²) in [7, 11) is 1.61. The fraction of sp³-hybridized carbons (Fsp3) is 0.0833. The number of aromatic nitrogens is 3. The lowest BCUT2D eigenvalue weighted by Gasteiger charge is -2.11. The van der Waals surface area contributed by atoms with Gasteiger partial charge in [-0.2, -0.15) is 5.10 Å². The third-order valence-corrected chi connectivity index (χ3v) is 6.13. The highest BCUT2D eigenvalue weighted by Gasteiger charge is 2.17. The molecule has 0 atom stereocenters. The molecule has 4 rings (SSSR count). The Balaban J connectivity index is 1.51. The predicted molar refractivity (Wildman–Crippen MR) is 136 cm³/mol. The molecule has 8 nitrogen and oxygen atoms in total. The SMILES string of the molecule is COc1ccc(-n2c(SCC(=O)N/N=C\c3cc(Br)ccc3O)nnc2-c2ccccc2)cc1. The van der Waals surface area contributed by atoms with Gasteiger partial charge in [0.15, 0.2) is 11.0 Å². The van der Waals surface area contributed by atoms with Crippen molar-refractivity contribution in [2.75, 3.05) is 12.9 Å². The quantitative estimate of drug-likeness (QED) is 0.192. The van der Waals surface area contributed by atoms with Crippen LogP contribution in [0.15, 0.2) is 87.5 Å². The second kappa shape index (κ2) is 11.0. The van der Waals surface area contributed by atoms with Crippen LogP contribution in [0.2, 0.25) is 0 Å². The molecule has 0 fully saturated rings. The molecular formula is C24H20BrN5O3S. The van der Waals surface area contributed by atoms with E-state index in [2.05, 4.69) is 36.7 Å². The number of carbonyl (C=O) groups is 1. The number of rotatable bonds is 8. The fourth-order valence-corrected chi connectivity index (χ4v) is 4.19. The van der Waals surface area contributed by atoms with E-state index in [0.29, 0.717) is 16.5 Å².